The zero-order valence-electron chi connectivity index (χ0n) is 11.1. The molecule has 0 saturated heterocycles. The fraction of sp³-hybridized carbons (Fsp3) is 0. The van der Waals surface area contributed by atoms with Crippen molar-refractivity contribution >= 4 is 29.2 Å². The van der Waals surface area contributed by atoms with Gasteiger partial charge in [-0.25, -0.2) is 0 Å². The summed E-state index contributed by atoms with van der Waals surface area (Å²) in [5, 5.41) is 33.4. The summed E-state index contributed by atoms with van der Waals surface area (Å²) in [5.74, 6) is -3.89. The van der Waals surface area contributed by atoms with Crippen molar-refractivity contribution in [2.75, 3.05) is 0 Å². The van der Waals surface area contributed by atoms with Crippen molar-refractivity contribution in [1.82, 2.24) is 0 Å². The summed E-state index contributed by atoms with van der Waals surface area (Å²) in [6.07, 6.45) is 0. The van der Waals surface area contributed by atoms with E-state index in [9.17, 15) is 29.9 Å². The van der Waals surface area contributed by atoms with E-state index >= 15 is 0 Å². The van der Waals surface area contributed by atoms with Gasteiger partial charge in [0.1, 0.15) is 11.5 Å². The Balaban J connectivity index is 2.58. The third kappa shape index (κ3) is 3.55. The highest BCUT2D eigenvalue weighted by Crippen LogP contribution is 2.32. The Morgan fingerprint density at radius 1 is 1.00 bits per heavy atom. The summed E-state index contributed by atoms with van der Waals surface area (Å²) in [6.45, 7) is 0. The molecule has 9 heteroatoms. The van der Waals surface area contributed by atoms with E-state index in [1.807, 2.05) is 0 Å². The molecule has 23 heavy (non-hydrogen) atoms. The maximum atomic E-state index is 11.1. The van der Waals surface area contributed by atoms with Crippen LogP contribution in [0.15, 0.2) is 36.4 Å². The third-order valence-corrected chi connectivity index (χ3v) is 3.03. The molecule has 0 spiro atoms. The van der Waals surface area contributed by atoms with Gasteiger partial charge in [0.15, 0.2) is 0 Å². The molecule has 8 nitrogen and oxygen atoms in total. The molecule has 0 radical (unpaired) electrons. The first kappa shape index (κ1) is 16.2. The number of nitro groups is 1. The average Bonchev–Trinajstić information content (AvgIpc) is 2.48. The minimum Gasteiger partial charge on any atom is -0.545 e. The Hall–Kier alpha value is -3.13. The molecule has 2 aromatic carbocycles. The number of carbonyl (C=O) groups is 2. The maximum absolute atomic E-state index is 11.1. The standard InChI is InChI=1S/C14H8ClNO7/c15-7-1-3-8(4-2-7)23-12-6-9(13(17)18)11(16(21)22)5-10(12)14(19)20/h1-6H,(H,17,18)(H,19,20)/p-2. The van der Waals surface area contributed by atoms with Gasteiger partial charge in [-0.3, -0.25) is 10.1 Å². The zero-order chi connectivity index (χ0) is 17.1. The van der Waals surface area contributed by atoms with Crippen LogP contribution in [0.2, 0.25) is 5.02 Å². The lowest BCUT2D eigenvalue weighted by Crippen LogP contribution is -2.26. The van der Waals surface area contributed by atoms with E-state index in [1.165, 1.54) is 24.3 Å². The minimum absolute atomic E-state index is 0.148. The number of nitro benzene ring substituents is 1. The van der Waals surface area contributed by atoms with Crippen LogP contribution in [0, 0.1) is 10.1 Å². The first-order chi connectivity index (χ1) is 10.8. The van der Waals surface area contributed by atoms with Crippen LogP contribution in [0.3, 0.4) is 0 Å². The second kappa shape index (κ2) is 6.32. The molecule has 2 aromatic rings. The molecular formula is C14H6ClNO7-2. The molecule has 0 atom stereocenters. The smallest absolute Gasteiger partial charge is 0.279 e. The van der Waals surface area contributed by atoms with E-state index in [2.05, 4.69) is 0 Å². The summed E-state index contributed by atoms with van der Waals surface area (Å²) in [7, 11) is 0. The molecule has 0 aliphatic rings. The number of benzene rings is 2. The molecule has 0 bridgehead atoms. The summed E-state index contributed by atoms with van der Waals surface area (Å²) in [6, 6.07) is 6.98. The van der Waals surface area contributed by atoms with E-state index in [4.69, 9.17) is 16.3 Å². The molecule has 0 heterocycles. The maximum Gasteiger partial charge on any atom is 0.279 e. The number of hydrogen-bond acceptors (Lipinski definition) is 7. The van der Waals surface area contributed by atoms with Crippen LogP contribution < -0.4 is 14.9 Å². The Morgan fingerprint density at radius 3 is 2.04 bits per heavy atom. The molecule has 0 aliphatic heterocycles. The quantitative estimate of drug-likeness (QED) is 0.582. The van der Waals surface area contributed by atoms with Gasteiger partial charge >= 0.3 is 0 Å². The molecule has 118 valence electrons. The number of carbonyl (C=O) groups excluding carboxylic acids is 2. The van der Waals surface area contributed by atoms with Gasteiger partial charge in [-0.15, -0.1) is 0 Å². The number of ether oxygens (including phenoxy) is 1. The average molecular weight is 336 g/mol. The van der Waals surface area contributed by atoms with Crippen LogP contribution in [0.4, 0.5) is 5.69 Å². The second-order valence-corrected chi connectivity index (χ2v) is 4.69. The zero-order valence-corrected chi connectivity index (χ0v) is 11.9. The van der Waals surface area contributed by atoms with Crippen molar-refractivity contribution in [3.8, 4) is 11.5 Å². The fourth-order valence-electron chi connectivity index (χ4n) is 1.76. The normalized spacial score (nSPS) is 10.1. The van der Waals surface area contributed by atoms with Crippen molar-refractivity contribution in [2.24, 2.45) is 0 Å². The van der Waals surface area contributed by atoms with E-state index in [1.54, 1.807) is 0 Å². The molecule has 0 aliphatic carbocycles. The van der Waals surface area contributed by atoms with E-state index in [-0.39, 0.29) is 5.75 Å². The highest BCUT2D eigenvalue weighted by atomic mass is 35.5. The van der Waals surface area contributed by atoms with Crippen LogP contribution in [0.5, 0.6) is 11.5 Å². The van der Waals surface area contributed by atoms with Gasteiger partial charge in [0.05, 0.1) is 22.4 Å². The van der Waals surface area contributed by atoms with Crippen molar-refractivity contribution in [3.05, 3.63) is 62.7 Å². The first-order valence-corrected chi connectivity index (χ1v) is 6.36. The predicted octanol–water partition coefficient (Wildman–Crippen LogP) is 0.767. The van der Waals surface area contributed by atoms with Gasteiger partial charge in [0.25, 0.3) is 5.69 Å². The van der Waals surface area contributed by atoms with Gasteiger partial charge in [-0.1, -0.05) is 11.6 Å². The van der Waals surface area contributed by atoms with Crippen molar-refractivity contribution in [3.63, 3.8) is 0 Å². The number of halogens is 1. The van der Waals surface area contributed by atoms with Crippen molar-refractivity contribution < 1.29 is 29.5 Å². The molecule has 0 aromatic heterocycles. The highest BCUT2D eigenvalue weighted by molar-refractivity contribution is 6.30. The number of nitrogens with zero attached hydrogens (tertiary/aromatic N) is 1. The summed E-state index contributed by atoms with van der Waals surface area (Å²) >= 11 is 5.70. The van der Waals surface area contributed by atoms with Gasteiger partial charge in [-0.05, 0) is 30.3 Å². The first-order valence-electron chi connectivity index (χ1n) is 5.98. The molecule has 0 amide bonds. The molecule has 2 rings (SSSR count). The van der Waals surface area contributed by atoms with Gasteiger partial charge in [0, 0.05) is 16.7 Å². The number of carboxylic acid groups (broad SMARTS) is 2. The SMILES string of the molecule is O=C([O-])c1cc([N+](=O)[O-])c(C(=O)[O-])cc1Oc1ccc(Cl)cc1. The van der Waals surface area contributed by atoms with Crippen LogP contribution >= 0.6 is 11.6 Å². The van der Waals surface area contributed by atoms with Crippen LogP contribution in [-0.4, -0.2) is 16.9 Å². The minimum atomic E-state index is -1.84. The molecule has 0 unspecified atom stereocenters. The van der Waals surface area contributed by atoms with E-state index < -0.39 is 39.4 Å². The lowest BCUT2D eigenvalue weighted by molar-refractivity contribution is -0.386. The Bertz CT molecular complexity index is 802. The topological polar surface area (TPSA) is 133 Å². The number of hydrogen-bond donors (Lipinski definition) is 0. The Labute approximate surface area is 133 Å². The third-order valence-electron chi connectivity index (χ3n) is 2.78. The van der Waals surface area contributed by atoms with Gasteiger partial charge in [0.2, 0.25) is 0 Å². The van der Waals surface area contributed by atoms with Crippen LogP contribution in [-0.2, 0) is 0 Å². The van der Waals surface area contributed by atoms with Gasteiger partial charge in [-0.2, -0.15) is 0 Å². The number of rotatable bonds is 5. The number of carboxylic acids is 2. The van der Waals surface area contributed by atoms with Crippen molar-refractivity contribution in [1.29, 1.82) is 0 Å². The summed E-state index contributed by atoms with van der Waals surface area (Å²) < 4.78 is 5.26. The van der Waals surface area contributed by atoms with E-state index in [0.29, 0.717) is 17.2 Å². The monoisotopic (exact) mass is 335 g/mol. The number of aromatic carboxylic acids is 2. The summed E-state index contributed by atoms with van der Waals surface area (Å²) in [4.78, 5) is 31.9. The molecular weight excluding hydrogens is 330 g/mol. The van der Waals surface area contributed by atoms with Crippen molar-refractivity contribution in [2.45, 2.75) is 0 Å². The van der Waals surface area contributed by atoms with Crippen LogP contribution in [0.1, 0.15) is 20.7 Å². The summed E-state index contributed by atoms with van der Waals surface area (Å²) in [5.41, 5.74) is -2.42. The lowest BCUT2D eigenvalue weighted by Gasteiger charge is -2.14. The molecule has 0 saturated carbocycles. The lowest BCUT2D eigenvalue weighted by atomic mass is 10.1. The van der Waals surface area contributed by atoms with Gasteiger partial charge < -0.3 is 24.5 Å². The molecule has 0 fully saturated rings. The fourth-order valence-corrected chi connectivity index (χ4v) is 1.88. The Kier molecular flexibility index (Phi) is 4.47. The second-order valence-electron chi connectivity index (χ2n) is 4.25. The predicted molar refractivity (Wildman–Crippen MR) is 73.3 cm³/mol. The van der Waals surface area contributed by atoms with E-state index in [0.717, 1.165) is 0 Å². The highest BCUT2D eigenvalue weighted by Gasteiger charge is 2.20. The molecule has 0 N–H and O–H groups in total. The largest absolute Gasteiger partial charge is 0.545 e. The Morgan fingerprint density at radius 2 is 1.57 bits per heavy atom. The van der Waals surface area contributed by atoms with Crippen LogP contribution in [0.25, 0.3) is 0 Å².